The number of carbonyl (C=O) groups excluding carboxylic acids is 3. The molecule has 1 aromatic carbocycles. The SMILES string of the molecule is NC(=O)/C=C/CC[C@H](NC(=O)OCCO)C(=O)Nc1cccn(Cc2nc3ccccc3s2)c1=O. The Kier molecular flexibility index (Phi) is 9.09. The van der Waals surface area contributed by atoms with Crippen molar-refractivity contribution in [1.82, 2.24) is 14.9 Å². The molecule has 0 aliphatic carbocycles. The molecule has 0 bridgehead atoms. The fraction of sp³-hybridized carbons (Fsp3) is 0.261. The number of pyridine rings is 1. The Balaban J connectivity index is 1.73. The minimum absolute atomic E-state index is 0.0295. The molecule has 1 atom stereocenters. The number of aliphatic hydroxyl groups excluding tert-OH is 1. The largest absolute Gasteiger partial charge is 0.447 e. The number of nitrogens with one attached hydrogen (secondary N) is 2. The van der Waals surface area contributed by atoms with Crippen molar-refractivity contribution in [3.05, 3.63) is 70.1 Å². The third kappa shape index (κ3) is 7.48. The molecule has 0 aliphatic rings. The molecule has 0 radical (unpaired) electrons. The van der Waals surface area contributed by atoms with Gasteiger partial charge in [0.25, 0.3) is 5.56 Å². The van der Waals surface area contributed by atoms with Gasteiger partial charge in [0.2, 0.25) is 11.8 Å². The maximum absolute atomic E-state index is 13.0. The number of aromatic nitrogens is 2. The molecule has 0 saturated heterocycles. The minimum Gasteiger partial charge on any atom is -0.447 e. The first kappa shape index (κ1) is 25.6. The monoisotopic (exact) mass is 499 g/mol. The first-order valence-electron chi connectivity index (χ1n) is 10.7. The second-order valence-corrected chi connectivity index (χ2v) is 8.47. The number of anilines is 1. The van der Waals surface area contributed by atoms with Gasteiger partial charge in [0.05, 0.1) is 23.4 Å². The molecule has 35 heavy (non-hydrogen) atoms. The predicted octanol–water partition coefficient (Wildman–Crippen LogP) is 1.35. The van der Waals surface area contributed by atoms with E-state index in [-0.39, 0.29) is 38.3 Å². The van der Waals surface area contributed by atoms with Gasteiger partial charge in [-0.05, 0) is 43.2 Å². The number of aliphatic hydroxyl groups is 1. The van der Waals surface area contributed by atoms with Crippen molar-refractivity contribution >= 4 is 45.1 Å². The van der Waals surface area contributed by atoms with Crippen LogP contribution in [-0.4, -0.2) is 51.8 Å². The van der Waals surface area contributed by atoms with Crippen LogP contribution in [-0.2, 0) is 20.9 Å². The van der Waals surface area contributed by atoms with Gasteiger partial charge >= 0.3 is 6.09 Å². The summed E-state index contributed by atoms with van der Waals surface area (Å²) in [6.07, 6.45) is 3.67. The highest BCUT2D eigenvalue weighted by Gasteiger charge is 2.22. The fourth-order valence-electron chi connectivity index (χ4n) is 3.16. The van der Waals surface area contributed by atoms with Crippen molar-refractivity contribution < 1.29 is 24.2 Å². The molecular formula is C23H25N5O6S. The van der Waals surface area contributed by atoms with Crippen LogP contribution in [0.3, 0.4) is 0 Å². The molecule has 11 nitrogen and oxygen atoms in total. The van der Waals surface area contributed by atoms with Crippen LogP contribution >= 0.6 is 11.3 Å². The standard InChI is InChI=1S/C23H25N5O6S/c24-19(30)10-4-2-7-16(27-23(33)34-13-12-29)21(31)26-17-8-5-11-28(22(17)32)14-20-25-15-6-1-3-9-18(15)35-20/h1,3-6,8-11,16,29H,2,7,12-14H2,(H2,24,30)(H,26,31)(H,27,33)/b10-4+/t16-/m0/s1. The molecule has 3 rings (SSSR count). The Hall–Kier alpha value is -4.03. The number of allylic oxidation sites excluding steroid dienone is 1. The number of rotatable bonds is 11. The van der Waals surface area contributed by atoms with E-state index >= 15 is 0 Å². The fourth-order valence-corrected chi connectivity index (χ4v) is 4.13. The summed E-state index contributed by atoms with van der Waals surface area (Å²) in [5.41, 5.74) is 5.49. The van der Waals surface area contributed by atoms with Crippen LogP contribution in [0.5, 0.6) is 0 Å². The minimum atomic E-state index is -1.07. The van der Waals surface area contributed by atoms with Crippen LogP contribution in [0.15, 0.2) is 59.5 Å². The number of nitrogens with two attached hydrogens (primary N) is 1. The highest BCUT2D eigenvalue weighted by molar-refractivity contribution is 7.18. The highest BCUT2D eigenvalue weighted by atomic mass is 32.1. The van der Waals surface area contributed by atoms with Gasteiger partial charge in [-0.3, -0.25) is 14.4 Å². The molecule has 0 saturated carbocycles. The number of fused-ring (bicyclic) bond motifs is 1. The lowest BCUT2D eigenvalue weighted by molar-refractivity contribution is -0.118. The molecule has 12 heteroatoms. The number of amides is 3. The summed E-state index contributed by atoms with van der Waals surface area (Å²) < 4.78 is 7.20. The van der Waals surface area contributed by atoms with Crippen LogP contribution in [0.25, 0.3) is 10.2 Å². The summed E-state index contributed by atoms with van der Waals surface area (Å²) >= 11 is 1.48. The molecule has 0 unspecified atom stereocenters. The summed E-state index contributed by atoms with van der Waals surface area (Å²) in [6.45, 7) is -0.379. The quantitative estimate of drug-likeness (QED) is 0.289. The Labute approximate surface area is 204 Å². The Morgan fingerprint density at radius 1 is 1.23 bits per heavy atom. The van der Waals surface area contributed by atoms with E-state index in [1.54, 1.807) is 12.3 Å². The van der Waals surface area contributed by atoms with Crippen LogP contribution in [0.2, 0.25) is 0 Å². The molecule has 2 heterocycles. The number of hydrogen-bond acceptors (Lipinski definition) is 8. The summed E-state index contributed by atoms with van der Waals surface area (Å²) in [5, 5.41) is 14.5. The summed E-state index contributed by atoms with van der Waals surface area (Å²) in [6, 6.07) is 9.67. The van der Waals surface area contributed by atoms with Crippen LogP contribution in [0.1, 0.15) is 17.8 Å². The van der Waals surface area contributed by atoms with Gasteiger partial charge in [-0.25, -0.2) is 9.78 Å². The van der Waals surface area contributed by atoms with E-state index in [0.717, 1.165) is 21.3 Å². The first-order chi connectivity index (χ1) is 16.9. The molecule has 2 aromatic heterocycles. The van der Waals surface area contributed by atoms with Crippen molar-refractivity contribution in [1.29, 1.82) is 0 Å². The Morgan fingerprint density at radius 2 is 2.03 bits per heavy atom. The van der Waals surface area contributed by atoms with Crippen LogP contribution in [0, 0.1) is 0 Å². The van der Waals surface area contributed by atoms with Gasteiger partial charge in [-0.1, -0.05) is 18.2 Å². The number of benzene rings is 1. The van der Waals surface area contributed by atoms with Gasteiger partial charge in [0.15, 0.2) is 0 Å². The number of hydrogen-bond donors (Lipinski definition) is 4. The molecule has 3 amide bonds. The zero-order valence-electron chi connectivity index (χ0n) is 18.7. The molecular weight excluding hydrogens is 474 g/mol. The summed E-state index contributed by atoms with van der Waals surface area (Å²) in [4.78, 5) is 53.2. The molecule has 0 aliphatic heterocycles. The van der Waals surface area contributed by atoms with Crippen molar-refractivity contribution in [3.8, 4) is 0 Å². The van der Waals surface area contributed by atoms with E-state index < -0.39 is 29.5 Å². The first-order valence-corrected chi connectivity index (χ1v) is 11.5. The van der Waals surface area contributed by atoms with E-state index in [2.05, 4.69) is 15.6 Å². The lowest BCUT2D eigenvalue weighted by Crippen LogP contribution is -2.45. The van der Waals surface area contributed by atoms with E-state index in [1.807, 2.05) is 24.3 Å². The van der Waals surface area contributed by atoms with E-state index in [9.17, 15) is 19.2 Å². The maximum Gasteiger partial charge on any atom is 0.407 e. The zero-order chi connectivity index (χ0) is 25.2. The van der Waals surface area contributed by atoms with E-state index in [0.29, 0.717) is 0 Å². The summed E-state index contributed by atoms with van der Waals surface area (Å²) in [7, 11) is 0. The maximum atomic E-state index is 13.0. The second-order valence-electron chi connectivity index (χ2n) is 7.36. The van der Waals surface area contributed by atoms with Gasteiger partial charge < -0.3 is 30.8 Å². The lowest BCUT2D eigenvalue weighted by atomic mass is 10.1. The van der Waals surface area contributed by atoms with Gasteiger partial charge in [-0.2, -0.15) is 0 Å². The van der Waals surface area contributed by atoms with Crippen molar-refractivity contribution in [2.45, 2.75) is 25.4 Å². The number of para-hydroxylation sites is 1. The zero-order valence-corrected chi connectivity index (χ0v) is 19.5. The predicted molar refractivity (Wildman–Crippen MR) is 131 cm³/mol. The molecule has 5 N–H and O–H groups in total. The third-order valence-corrected chi connectivity index (χ3v) is 5.78. The third-order valence-electron chi connectivity index (χ3n) is 4.76. The molecule has 184 valence electrons. The van der Waals surface area contributed by atoms with Crippen molar-refractivity contribution in [2.24, 2.45) is 5.73 Å². The van der Waals surface area contributed by atoms with Crippen molar-refractivity contribution in [2.75, 3.05) is 18.5 Å². The Bertz CT molecular complexity index is 1250. The molecule has 3 aromatic rings. The van der Waals surface area contributed by atoms with Gasteiger partial charge in [-0.15, -0.1) is 11.3 Å². The normalized spacial score (nSPS) is 11.9. The lowest BCUT2D eigenvalue weighted by Gasteiger charge is -2.18. The number of nitrogens with zero attached hydrogens (tertiary/aromatic N) is 2. The molecule has 0 spiro atoms. The van der Waals surface area contributed by atoms with Crippen LogP contribution in [0.4, 0.5) is 10.5 Å². The smallest absolute Gasteiger partial charge is 0.407 e. The van der Waals surface area contributed by atoms with Crippen molar-refractivity contribution in [3.63, 3.8) is 0 Å². The number of thiazole rings is 1. The Morgan fingerprint density at radius 3 is 2.77 bits per heavy atom. The topological polar surface area (TPSA) is 166 Å². The highest BCUT2D eigenvalue weighted by Crippen LogP contribution is 2.22. The summed E-state index contributed by atoms with van der Waals surface area (Å²) in [5.74, 6) is -1.28. The average molecular weight is 500 g/mol. The number of primary amides is 1. The van der Waals surface area contributed by atoms with E-state index in [4.69, 9.17) is 15.6 Å². The van der Waals surface area contributed by atoms with Gasteiger partial charge in [0.1, 0.15) is 23.3 Å². The average Bonchev–Trinajstić information content (AvgIpc) is 3.24. The number of alkyl carbamates (subject to hydrolysis) is 1. The van der Waals surface area contributed by atoms with E-state index in [1.165, 1.54) is 28.0 Å². The number of carbonyl (C=O) groups is 3. The number of ether oxygens (including phenoxy) is 1. The second kappa shape index (κ2) is 12.4. The van der Waals surface area contributed by atoms with Crippen LogP contribution < -0.4 is 21.9 Å². The van der Waals surface area contributed by atoms with Gasteiger partial charge in [0, 0.05) is 6.20 Å². The molecule has 0 fully saturated rings.